The minimum absolute atomic E-state index is 0.0347. The molecule has 1 N–H and O–H groups in total. The summed E-state index contributed by atoms with van der Waals surface area (Å²) in [6, 6.07) is 9.76. The predicted octanol–water partition coefficient (Wildman–Crippen LogP) is 3.83. The van der Waals surface area contributed by atoms with Crippen LogP contribution < -0.4 is 14.8 Å². The van der Waals surface area contributed by atoms with Gasteiger partial charge in [0.2, 0.25) is 5.91 Å². The Hall–Kier alpha value is -3.47. The Kier molecular flexibility index (Phi) is 7.99. The summed E-state index contributed by atoms with van der Waals surface area (Å²) in [4.78, 5) is 38.0. The highest BCUT2D eigenvalue weighted by molar-refractivity contribution is 8.18. The van der Waals surface area contributed by atoms with E-state index in [0.717, 1.165) is 16.7 Å². The molecule has 0 aromatic heterocycles. The molecule has 3 rings (SSSR count). The summed E-state index contributed by atoms with van der Waals surface area (Å²) in [7, 11) is 1.29. The molecule has 3 amide bonds. The number of hydrogen-bond donors (Lipinski definition) is 1. The molecule has 0 saturated carbocycles. The first-order chi connectivity index (χ1) is 15.8. The molecule has 11 heteroatoms. The van der Waals surface area contributed by atoms with Crippen molar-refractivity contribution in [2.75, 3.05) is 20.2 Å². The molecule has 0 aliphatic carbocycles. The van der Waals surface area contributed by atoms with Crippen molar-refractivity contribution in [3.05, 3.63) is 64.3 Å². The molecule has 0 unspecified atom stereocenters. The maximum atomic E-state index is 13.2. The molecule has 0 atom stereocenters. The normalized spacial score (nSPS) is 14.8. The zero-order chi connectivity index (χ0) is 24.0. The van der Waals surface area contributed by atoms with E-state index in [2.05, 4.69) is 10.1 Å². The SMILES string of the molecule is COc1cc(/C=C2\SC(=O)N(CCNC(=O)Cc3cccc(F)c3)C2=O)ccc1OC(F)F. The second-order valence-corrected chi connectivity index (χ2v) is 7.77. The van der Waals surface area contributed by atoms with E-state index >= 15 is 0 Å². The largest absolute Gasteiger partial charge is 0.493 e. The van der Waals surface area contributed by atoms with Crippen molar-refractivity contribution < 1.29 is 37.0 Å². The monoisotopic (exact) mass is 480 g/mol. The molecule has 33 heavy (non-hydrogen) atoms. The Morgan fingerprint density at radius 2 is 1.97 bits per heavy atom. The van der Waals surface area contributed by atoms with Crippen molar-refractivity contribution >= 4 is 34.9 Å². The number of amides is 3. The molecule has 0 spiro atoms. The number of nitrogens with one attached hydrogen (secondary N) is 1. The van der Waals surface area contributed by atoms with E-state index in [-0.39, 0.29) is 41.8 Å². The van der Waals surface area contributed by atoms with Crippen LogP contribution in [0.4, 0.5) is 18.0 Å². The summed E-state index contributed by atoms with van der Waals surface area (Å²) in [5, 5.41) is 2.09. The molecule has 1 saturated heterocycles. The summed E-state index contributed by atoms with van der Waals surface area (Å²) in [6.07, 6.45) is 1.40. The Morgan fingerprint density at radius 1 is 1.18 bits per heavy atom. The van der Waals surface area contributed by atoms with Crippen LogP contribution in [-0.4, -0.2) is 48.8 Å². The first kappa shape index (κ1) is 24.2. The van der Waals surface area contributed by atoms with Crippen LogP contribution in [0.5, 0.6) is 11.5 Å². The van der Waals surface area contributed by atoms with Gasteiger partial charge in [-0.25, -0.2) is 4.39 Å². The number of methoxy groups -OCH3 is 1. The van der Waals surface area contributed by atoms with Crippen molar-refractivity contribution in [2.45, 2.75) is 13.0 Å². The number of carbonyl (C=O) groups excluding carboxylic acids is 3. The smallest absolute Gasteiger partial charge is 0.387 e. The van der Waals surface area contributed by atoms with E-state index in [0.29, 0.717) is 11.1 Å². The van der Waals surface area contributed by atoms with Crippen molar-refractivity contribution in [3.8, 4) is 11.5 Å². The van der Waals surface area contributed by atoms with Gasteiger partial charge in [-0.3, -0.25) is 19.3 Å². The van der Waals surface area contributed by atoms with Crippen LogP contribution in [0.1, 0.15) is 11.1 Å². The van der Waals surface area contributed by atoms with Crippen LogP contribution in [0.25, 0.3) is 6.08 Å². The Balaban J connectivity index is 1.59. The van der Waals surface area contributed by atoms with Gasteiger partial charge < -0.3 is 14.8 Å². The van der Waals surface area contributed by atoms with Gasteiger partial charge in [-0.15, -0.1) is 0 Å². The summed E-state index contributed by atoms with van der Waals surface area (Å²) in [5.74, 6) is -1.48. The second kappa shape index (κ2) is 10.9. The molecule has 1 fully saturated rings. The van der Waals surface area contributed by atoms with Crippen LogP contribution in [0, 0.1) is 5.82 Å². The highest BCUT2D eigenvalue weighted by Crippen LogP contribution is 2.34. The number of ether oxygens (including phenoxy) is 2. The number of rotatable bonds is 9. The summed E-state index contributed by atoms with van der Waals surface area (Å²) >= 11 is 0.720. The van der Waals surface area contributed by atoms with Gasteiger partial charge in [-0.2, -0.15) is 8.78 Å². The van der Waals surface area contributed by atoms with Crippen LogP contribution in [-0.2, 0) is 16.0 Å². The molecule has 174 valence electrons. The highest BCUT2D eigenvalue weighted by atomic mass is 32.2. The lowest BCUT2D eigenvalue weighted by Gasteiger charge is -2.13. The third-order valence-corrected chi connectivity index (χ3v) is 5.39. The van der Waals surface area contributed by atoms with E-state index < -0.39 is 23.6 Å². The minimum Gasteiger partial charge on any atom is -0.493 e. The number of benzene rings is 2. The van der Waals surface area contributed by atoms with Gasteiger partial charge >= 0.3 is 6.61 Å². The third-order valence-electron chi connectivity index (χ3n) is 4.49. The fraction of sp³-hybridized carbons (Fsp3) is 0.227. The molecule has 0 bridgehead atoms. The van der Waals surface area contributed by atoms with Crippen molar-refractivity contribution in [1.82, 2.24) is 10.2 Å². The maximum Gasteiger partial charge on any atom is 0.387 e. The number of imide groups is 1. The molecule has 7 nitrogen and oxygen atoms in total. The lowest BCUT2D eigenvalue weighted by molar-refractivity contribution is -0.124. The quantitative estimate of drug-likeness (QED) is 0.550. The molecule has 2 aromatic carbocycles. The van der Waals surface area contributed by atoms with Gasteiger partial charge in [-0.1, -0.05) is 18.2 Å². The van der Waals surface area contributed by atoms with E-state index in [1.165, 1.54) is 49.6 Å². The van der Waals surface area contributed by atoms with Gasteiger partial charge in [0.25, 0.3) is 11.1 Å². The summed E-state index contributed by atoms with van der Waals surface area (Å²) < 4.78 is 47.5. The summed E-state index contributed by atoms with van der Waals surface area (Å²) in [5.41, 5.74) is 0.948. The molecule has 0 radical (unpaired) electrons. The fourth-order valence-corrected chi connectivity index (χ4v) is 3.88. The number of hydrogen-bond acceptors (Lipinski definition) is 6. The number of nitrogens with zero attached hydrogens (tertiary/aromatic N) is 1. The summed E-state index contributed by atoms with van der Waals surface area (Å²) in [6.45, 7) is -3.02. The van der Waals surface area contributed by atoms with Crippen LogP contribution in [0.15, 0.2) is 47.4 Å². The van der Waals surface area contributed by atoms with Gasteiger partial charge in [0.05, 0.1) is 18.4 Å². The highest BCUT2D eigenvalue weighted by Gasteiger charge is 2.34. The van der Waals surface area contributed by atoms with E-state index in [1.54, 1.807) is 6.07 Å². The number of halogens is 3. The van der Waals surface area contributed by atoms with Gasteiger partial charge in [-0.05, 0) is 53.2 Å². The van der Waals surface area contributed by atoms with Crippen molar-refractivity contribution in [3.63, 3.8) is 0 Å². The first-order valence-corrected chi connectivity index (χ1v) is 10.5. The molecule has 2 aromatic rings. The zero-order valence-electron chi connectivity index (χ0n) is 17.3. The fourth-order valence-electron chi connectivity index (χ4n) is 3.01. The zero-order valence-corrected chi connectivity index (χ0v) is 18.2. The third kappa shape index (κ3) is 6.51. The maximum absolute atomic E-state index is 13.2. The number of alkyl halides is 2. The second-order valence-electron chi connectivity index (χ2n) is 6.78. The molecule has 1 aliphatic heterocycles. The molecular formula is C22H19F3N2O5S. The molecule has 1 heterocycles. The lowest BCUT2D eigenvalue weighted by Crippen LogP contribution is -2.37. The Labute approximate surface area is 191 Å². The van der Waals surface area contributed by atoms with E-state index in [1.807, 2.05) is 0 Å². The van der Waals surface area contributed by atoms with Gasteiger partial charge in [0.15, 0.2) is 11.5 Å². The van der Waals surface area contributed by atoms with Crippen LogP contribution in [0.2, 0.25) is 0 Å². The predicted molar refractivity (Wildman–Crippen MR) is 115 cm³/mol. The average molecular weight is 480 g/mol. The molecule has 1 aliphatic rings. The van der Waals surface area contributed by atoms with Crippen molar-refractivity contribution in [2.24, 2.45) is 0 Å². The van der Waals surface area contributed by atoms with Gasteiger partial charge in [0, 0.05) is 13.1 Å². The first-order valence-electron chi connectivity index (χ1n) is 9.66. The minimum atomic E-state index is -3.02. The van der Waals surface area contributed by atoms with E-state index in [9.17, 15) is 27.6 Å². The van der Waals surface area contributed by atoms with Crippen LogP contribution >= 0.6 is 11.8 Å². The lowest BCUT2D eigenvalue weighted by atomic mass is 10.1. The number of thioether (sulfide) groups is 1. The standard InChI is InChI=1S/C22H19F3N2O5S/c1-31-17-10-14(5-6-16(17)32-21(24)25)11-18-20(29)27(22(30)33-18)8-7-26-19(28)12-13-3-2-4-15(23)9-13/h2-6,9-11,21H,7-8,12H2,1H3,(H,26,28)/b18-11-. The van der Waals surface area contributed by atoms with Crippen LogP contribution in [0.3, 0.4) is 0 Å². The topological polar surface area (TPSA) is 84.9 Å². The van der Waals surface area contributed by atoms with Gasteiger partial charge in [0.1, 0.15) is 5.82 Å². The van der Waals surface area contributed by atoms with Crippen molar-refractivity contribution in [1.29, 1.82) is 0 Å². The van der Waals surface area contributed by atoms with E-state index in [4.69, 9.17) is 4.74 Å². The molecular weight excluding hydrogens is 461 g/mol. The number of carbonyl (C=O) groups is 3. The Morgan fingerprint density at radius 3 is 2.67 bits per heavy atom. The Bertz CT molecular complexity index is 1090. The average Bonchev–Trinajstić information content (AvgIpc) is 3.01.